The molecule has 0 unspecified atom stereocenters. The van der Waals surface area contributed by atoms with Crippen molar-refractivity contribution in [3.05, 3.63) is 112 Å². The third-order valence-corrected chi connectivity index (χ3v) is 6.94. The molecule has 37 heavy (non-hydrogen) atoms. The van der Waals surface area contributed by atoms with Gasteiger partial charge in [0.05, 0.1) is 0 Å². The monoisotopic (exact) mass is 514 g/mol. The lowest BCUT2D eigenvalue weighted by molar-refractivity contribution is 0.0746. The summed E-state index contributed by atoms with van der Waals surface area (Å²) in [6.45, 7) is 4.53. The molecule has 1 aliphatic rings. The van der Waals surface area contributed by atoms with Crippen molar-refractivity contribution >= 4 is 23.3 Å². The first-order chi connectivity index (χ1) is 18.0. The van der Waals surface area contributed by atoms with Crippen molar-refractivity contribution < 1.29 is 9.18 Å². The van der Waals surface area contributed by atoms with Crippen LogP contribution < -0.4 is 4.90 Å². The van der Waals surface area contributed by atoms with Crippen molar-refractivity contribution in [2.75, 3.05) is 31.1 Å². The normalized spacial score (nSPS) is 13.6. The molecule has 5 rings (SSSR count). The molecule has 1 aliphatic heterocycles. The molecule has 4 aromatic rings. The van der Waals surface area contributed by atoms with Gasteiger partial charge in [0.25, 0.3) is 5.91 Å². The molecule has 1 amide bonds. The van der Waals surface area contributed by atoms with Crippen LogP contribution in [0.15, 0.2) is 78.9 Å². The molecule has 5 nitrogen and oxygen atoms in total. The van der Waals surface area contributed by atoms with Crippen LogP contribution in [0.5, 0.6) is 0 Å². The van der Waals surface area contributed by atoms with Gasteiger partial charge in [-0.15, -0.1) is 0 Å². The van der Waals surface area contributed by atoms with Crippen LogP contribution in [-0.2, 0) is 12.8 Å². The summed E-state index contributed by atoms with van der Waals surface area (Å²) in [5.41, 5.74) is 4.73. The van der Waals surface area contributed by atoms with E-state index in [9.17, 15) is 9.18 Å². The molecule has 0 atom stereocenters. The number of halogens is 2. The number of hydrogen-bond acceptors (Lipinski definition) is 4. The van der Waals surface area contributed by atoms with Crippen LogP contribution in [0, 0.1) is 5.82 Å². The van der Waals surface area contributed by atoms with E-state index >= 15 is 0 Å². The Kier molecular flexibility index (Phi) is 7.47. The van der Waals surface area contributed by atoms with Crippen LogP contribution in [0.1, 0.15) is 34.1 Å². The van der Waals surface area contributed by atoms with E-state index in [0.717, 1.165) is 34.6 Å². The van der Waals surface area contributed by atoms with Crippen LogP contribution >= 0.6 is 11.6 Å². The average molecular weight is 515 g/mol. The Balaban J connectivity index is 1.46. The average Bonchev–Trinajstić information content (AvgIpc) is 2.95. The molecular weight excluding hydrogens is 487 g/mol. The second-order valence-electron chi connectivity index (χ2n) is 9.11. The van der Waals surface area contributed by atoms with E-state index in [0.29, 0.717) is 49.0 Å². The highest BCUT2D eigenvalue weighted by molar-refractivity contribution is 6.30. The van der Waals surface area contributed by atoms with E-state index in [-0.39, 0.29) is 11.7 Å². The van der Waals surface area contributed by atoms with Gasteiger partial charge in [0.1, 0.15) is 11.6 Å². The standard InChI is InChI=1S/C30H28ClFN4O/c1-2-27-26(20-21-8-12-24(31)13-9-21)29(34-28(33-27)22-6-4-3-5-7-22)35-16-18-36(19-17-35)30(37)23-10-14-25(32)15-11-23/h3-15H,2,16-20H2,1H3. The minimum absolute atomic E-state index is 0.0806. The van der Waals surface area contributed by atoms with E-state index in [4.69, 9.17) is 21.6 Å². The smallest absolute Gasteiger partial charge is 0.253 e. The van der Waals surface area contributed by atoms with Gasteiger partial charge in [0.2, 0.25) is 0 Å². The largest absolute Gasteiger partial charge is 0.353 e. The number of benzene rings is 3. The van der Waals surface area contributed by atoms with Crippen LogP contribution in [0.2, 0.25) is 5.02 Å². The second kappa shape index (κ2) is 11.1. The summed E-state index contributed by atoms with van der Waals surface area (Å²) in [4.78, 5) is 27.1. The topological polar surface area (TPSA) is 49.3 Å². The van der Waals surface area contributed by atoms with E-state index in [2.05, 4.69) is 11.8 Å². The molecular formula is C30H28ClFN4O. The Morgan fingerprint density at radius 3 is 2.22 bits per heavy atom. The minimum Gasteiger partial charge on any atom is -0.353 e. The first-order valence-corrected chi connectivity index (χ1v) is 12.9. The quantitative estimate of drug-likeness (QED) is 0.314. The molecule has 1 fully saturated rings. The summed E-state index contributed by atoms with van der Waals surface area (Å²) in [6.07, 6.45) is 1.47. The Hall–Kier alpha value is -3.77. The Morgan fingerprint density at radius 2 is 1.57 bits per heavy atom. The molecule has 0 aliphatic carbocycles. The number of rotatable bonds is 6. The molecule has 3 aromatic carbocycles. The summed E-state index contributed by atoms with van der Waals surface area (Å²) in [6, 6.07) is 23.6. The molecule has 0 N–H and O–H groups in total. The number of anilines is 1. The van der Waals surface area contributed by atoms with E-state index in [1.54, 1.807) is 12.1 Å². The highest BCUT2D eigenvalue weighted by Crippen LogP contribution is 2.29. The van der Waals surface area contributed by atoms with Gasteiger partial charge in [-0.05, 0) is 48.4 Å². The number of piperazine rings is 1. The highest BCUT2D eigenvalue weighted by atomic mass is 35.5. The van der Waals surface area contributed by atoms with Gasteiger partial charge >= 0.3 is 0 Å². The number of carbonyl (C=O) groups excluding carboxylic acids is 1. The van der Waals surface area contributed by atoms with Crippen LogP contribution in [0.3, 0.4) is 0 Å². The molecule has 7 heteroatoms. The fourth-order valence-electron chi connectivity index (χ4n) is 4.67. The number of aryl methyl sites for hydroxylation is 1. The minimum atomic E-state index is -0.348. The summed E-state index contributed by atoms with van der Waals surface area (Å²) in [5.74, 6) is 1.19. The van der Waals surface area contributed by atoms with E-state index in [1.807, 2.05) is 59.5 Å². The maximum atomic E-state index is 13.3. The van der Waals surface area contributed by atoms with Gasteiger partial charge in [-0.3, -0.25) is 4.79 Å². The summed E-state index contributed by atoms with van der Waals surface area (Å²) >= 11 is 6.12. The lowest BCUT2D eigenvalue weighted by atomic mass is 10.0. The zero-order chi connectivity index (χ0) is 25.8. The second-order valence-corrected chi connectivity index (χ2v) is 9.54. The first kappa shape index (κ1) is 24.9. The lowest BCUT2D eigenvalue weighted by Gasteiger charge is -2.36. The summed E-state index contributed by atoms with van der Waals surface area (Å²) < 4.78 is 13.3. The third-order valence-electron chi connectivity index (χ3n) is 6.69. The Morgan fingerprint density at radius 1 is 0.892 bits per heavy atom. The molecule has 0 spiro atoms. The molecule has 0 radical (unpaired) electrons. The van der Waals surface area contributed by atoms with Crippen molar-refractivity contribution in [1.29, 1.82) is 0 Å². The van der Waals surface area contributed by atoms with Crippen molar-refractivity contribution in [2.24, 2.45) is 0 Å². The Labute approximate surface area is 221 Å². The number of aromatic nitrogens is 2. The molecule has 2 heterocycles. The molecule has 0 bridgehead atoms. The lowest BCUT2D eigenvalue weighted by Crippen LogP contribution is -2.49. The third kappa shape index (κ3) is 5.65. The van der Waals surface area contributed by atoms with Gasteiger partial charge in [0.15, 0.2) is 5.82 Å². The number of nitrogens with zero attached hydrogens (tertiary/aromatic N) is 4. The molecule has 188 valence electrons. The van der Waals surface area contributed by atoms with E-state index in [1.165, 1.54) is 12.1 Å². The van der Waals surface area contributed by atoms with Gasteiger partial charge in [0, 0.05) is 60.0 Å². The predicted octanol–water partition coefficient (Wildman–Crippen LogP) is 6.05. The fraction of sp³-hybridized carbons (Fsp3) is 0.233. The number of carbonyl (C=O) groups is 1. The predicted molar refractivity (Wildman–Crippen MR) is 146 cm³/mol. The SMILES string of the molecule is CCc1nc(-c2ccccc2)nc(N2CCN(C(=O)c3ccc(F)cc3)CC2)c1Cc1ccc(Cl)cc1. The van der Waals surface area contributed by atoms with Crippen molar-refractivity contribution in [1.82, 2.24) is 14.9 Å². The van der Waals surface area contributed by atoms with Gasteiger partial charge in [-0.2, -0.15) is 0 Å². The Bertz CT molecular complexity index is 1370. The van der Waals surface area contributed by atoms with Gasteiger partial charge in [-0.25, -0.2) is 14.4 Å². The van der Waals surface area contributed by atoms with Crippen molar-refractivity contribution in [3.8, 4) is 11.4 Å². The maximum absolute atomic E-state index is 13.3. The van der Waals surface area contributed by atoms with Gasteiger partial charge < -0.3 is 9.80 Å². The molecule has 1 saturated heterocycles. The van der Waals surface area contributed by atoms with E-state index < -0.39 is 0 Å². The van der Waals surface area contributed by atoms with Crippen LogP contribution in [0.25, 0.3) is 11.4 Å². The number of amides is 1. The summed E-state index contributed by atoms with van der Waals surface area (Å²) in [7, 11) is 0. The molecule has 0 saturated carbocycles. The zero-order valence-electron chi connectivity index (χ0n) is 20.7. The summed E-state index contributed by atoms with van der Waals surface area (Å²) in [5, 5.41) is 0.706. The highest BCUT2D eigenvalue weighted by Gasteiger charge is 2.26. The van der Waals surface area contributed by atoms with Crippen molar-refractivity contribution in [2.45, 2.75) is 19.8 Å². The van der Waals surface area contributed by atoms with Crippen LogP contribution in [-0.4, -0.2) is 47.0 Å². The van der Waals surface area contributed by atoms with Crippen molar-refractivity contribution in [3.63, 3.8) is 0 Å². The fourth-order valence-corrected chi connectivity index (χ4v) is 4.80. The molecule has 1 aromatic heterocycles. The first-order valence-electron chi connectivity index (χ1n) is 12.5. The van der Waals surface area contributed by atoms with Crippen LogP contribution in [0.4, 0.5) is 10.2 Å². The zero-order valence-corrected chi connectivity index (χ0v) is 21.5. The van der Waals surface area contributed by atoms with Gasteiger partial charge in [-0.1, -0.05) is 61.0 Å². The number of hydrogen-bond donors (Lipinski definition) is 0. The maximum Gasteiger partial charge on any atom is 0.253 e.